The molecule has 0 unspecified atom stereocenters. The monoisotopic (exact) mass is 274 g/mol. The molecule has 20 heavy (non-hydrogen) atoms. The maximum atomic E-state index is 5.76. The van der Waals surface area contributed by atoms with Crippen molar-refractivity contribution >= 4 is 5.69 Å². The Labute approximate surface area is 120 Å². The molecule has 4 nitrogen and oxygen atoms in total. The van der Waals surface area contributed by atoms with Crippen LogP contribution >= 0.6 is 0 Å². The summed E-state index contributed by atoms with van der Waals surface area (Å²) in [5, 5.41) is 3.27. The number of furan rings is 1. The van der Waals surface area contributed by atoms with E-state index in [2.05, 4.69) is 12.2 Å². The van der Waals surface area contributed by atoms with Gasteiger partial charge in [0.1, 0.15) is 18.1 Å². The predicted octanol–water partition coefficient (Wildman–Crippen LogP) is 3.03. The highest BCUT2D eigenvalue weighted by atomic mass is 16.5. The maximum Gasteiger partial charge on any atom is 0.146 e. The van der Waals surface area contributed by atoms with Gasteiger partial charge in [0.2, 0.25) is 0 Å². The second-order valence-electron chi connectivity index (χ2n) is 4.88. The third-order valence-electron chi connectivity index (χ3n) is 3.00. The van der Waals surface area contributed by atoms with E-state index in [9.17, 15) is 0 Å². The Kier molecular flexibility index (Phi) is 5.07. The van der Waals surface area contributed by atoms with E-state index in [0.717, 1.165) is 35.9 Å². The minimum absolute atomic E-state index is 0.447. The van der Waals surface area contributed by atoms with Crippen LogP contribution in [-0.2, 0) is 13.2 Å². The summed E-state index contributed by atoms with van der Waals surface area (Å²) in [4.78, 5) is 2.05. The van der Waals surface area contributed by atoms with Gasteiger partial charge in [0, 0.05) is 38.0 Å². The fourth-order valence-corrected chi connectivity index (χ4v) is 1.87. The van der Waals surface area contributed by atoms with Gasteiger partial charge in [0.05, 0.1) is 6.26 Å². The fraction of sp³-hybridized carbons (Fsp3) is 0.375. The molecule has 1 aromatic heterocycles. The number of benzene rings is 1. The van der Waals surface area contributed by atoms with Gasteiger partial charge in [-0.25, -0.2) is 0 Å². The van der Waals surface area contributed by atoms with Crippen molar-refractivity contribution in [1.29, 1.82) is 0 Å². The van der Waals surface area contributed by atoms with E-state index in [1.165, 1.54) is 0 Å². The van der Waals surface area contributed by atoms with E-state index in [-0.39, 0.29) is 0 Å². The Morgan fingerprint density at radius 1 is 1.25 bits per heavy atom. The first-order valence-electron chi connectivity index (χ1n) is 6.86. The zero-order valence-corrected chi connectivity index (χ0v) is 12.3. The van der Waals surface area contributed by atoms with Crippen molar-refractivity contribution in [3.63, 3.8) is 0 Å². The minimum Gasteiger partial charge on any atom is -0.486 e. The van der Waals surface area contributed by atoms with Crippen LogP contribution in [0.3, 0.4) is 0 Å². The molecule has 0 aliphatic rings. The predicted molar refractivity (Wildman–Crippen MR) is 81.2 cm³/mol. The van der Waals surface area contributed by atoms with Crippen molar-refractivity contribution in [3.05, 3.63) is 47.9 Å². The van der Waals surface area contributed by atoms with Crippen LogP contribution in [0.25, 0.3) is 0 Å². The van der Waals surface area contributed by atoms with Gasteiger partial charge in [-0.2, -0.15) is 0 Å². The summed E-state index contributed by atoms with van der Waals surface area (Å²) >= 11 is 0. The van der Waals surface area contributed by atoms with Crippen LogP contribution in [0, 0.1) is 0 Å². The van der Waals surface area contributed by atoms with E-state index < -0.39 is 0 Å². The van der Waals surface area contributed by atoms with Crippen molar-refractivity contribution in [3.8, 4) is 5.75 Å². The molecule has 2 rings (SSSR count). The number of nitrogens with zero attached hydrogens (tertiary/aromatic N) is 1. The number of ether oxygens (including phenoxy) is 1. The van der Waals surface area contributed by atoms with Gasteiger partial charge in [0.15, 0.2) is 0 Å². The Bertz CT molecular complexity index is 535. The van der Waals surface area contributed by atoms with Crippen molar-refractivity contribution in [2.24, 2.45) is 0 Å². The van der Waals surface area contributed by atoms with Gasteiger partial charge >= 0.3 is 0 Å². The number of hydrogen-bond acceptors (Lipinski definition) is 4. The number of nitrogens with one attached hydrogen (secondary N) is 1. The zero-order valence-electron chi connectivity index (χ0n) is 12.3. The molecule has 0 atom stereocenters. The molecular weight excluding hydrogens is 252 g/mol. The number of hydrogen-bond donors (Lipinski definition) is 1. The maximum absolute atomic E-state index is 5.76. The number of rotatable bonds is 7. The third kappa shape index (κ3) is 4.03. The number of anilines is 1. The Hall–Kier alpha value is -1.94. The lowest BCUT2D eigenvalue weighted by Gasteiger charge is -2.13. The van der Waals surface area contributed by atoms with Crippen LogP contribution in [-0.4, -0.2) is 20.6 Å². The lowest BCUT2D eigenvalue weighted by molar-refractivity contribution is 0.270. The molecule has 1 N–H and O–H groups in total. The molecule has 0 bridgehead atoms. The first-order chi connectivity index (χ1) is 9.69. The highest BCUT2D eigenvalue weighted by Gasteiger charge is 2.04. The van der Waals surface area contributed by atoms with Crippen LogP contribution in [0.15, 0.2) is 41.0 Å². The third-order valence-corrected chi connectivity index (χ3v) is 3.00. The molecule has 0 radical (unpaired) electrons. The van der Waals surface area contributed by atoms with Crippen molar-refractivity contribution in [2.75, 3.05) is 25.5 Å². The van der Waals surface area contributed by atoms with Crippen molar-refractivity contribution < 1.29 is 9.15 Å². The highest BCUT2D eigenvalue weighted by molar-refractivity contribution is 5.49. The fourth-order valence-electron chi connectivity index (χ4n) is 1.87. The summed E-state index contributed by atoms with van der Waals surface area (Å²) in [5.41, 5.74) is 2.27. The molecule has 0 saturated heterocycles. The summed E-state index contributed by atoms with van der Waals surface area (Å²) in [7, 11) is 4.03. The lowest BCUT2D eigenvalue weighted by Crippen LogP contribution is -2.10. The molecule has 0 saturated carbocycles. The lowest BCUT2D eigenvalue weighted by atomic mass is 10.3. The van der Waals surface area contributed by atoms with Gasteiger partial charge in [-0.05, 0) is 24.7 Å². The molecule has 0 aliphatic heterocycles. The van der Waals surface area contributed by atoms with Gasteiger partial charge < -0.3 is 19.4 Å². The summed E-state index contributed by atoms with van der Waals surface area (Å²) in [5.74, 6) is 1.69. The van der Waals surface area contributed by atoms with E-state index in [4.69, 9.17) is 9.15 Å². The second kappa shape index (κ2) is 7.01. The SMILES string of the molecule is CCNCc1coc(COc2cccc(N(C)C)c2)c1. The average Bonchev–Trinajstić information content (AvgIpc) is 2.91. The van der Waals surface area contributed by atoms with Crippen molar-refractivity contribution in [2.45, 2.75) is 20.1 Å². The first-order valence-corrected chi connectivity index (χ1v) is 6.86. The molecule has 0 fully saturated rings. The zero-order chi connectivity index (χ0) is 14.4. The first kappa shape index (κ1) is 14.5. The van der Waals surface area contributed by atoms with E-state index in [1.807, 2.05) is 49.3 Å². The molecule has 1 aromatic carbocycles. The largest absolute Gasteiger partial charge is 0.486 e. The quantitative estimate of drug-likeness (QED) is 0.842. The molecule has 2 aromatic rings. The summed E-state index contributed by atoms with van der Waals surface area (Å²) in [6.07, 6.45) is 1.78. The van der Waals surface area contributed by atoms with Crippen molar-refractivity contribution in [1.82, 2.24) is 5.32 Å². The van der Waals surface area contributed by atoms with Crippen LogP contribution in [0.5, 0.6) is 5.75 Å². The van der Waals surface area contributed by atoms with Gasteiger partial charge in [-0.3, -0.25) is 0 Å². The Balaban J connectivity index is 1.91. The average molecular weight is 274 g/mol. The normalized spacial score (nSPS) is 10.6. The van der Waals surface area contributed by atoms with E-state index >= 15 is 0 Å². The van der Waals surface area contributed by atoms with Crippen LogP contribution in [0.4, 0.5) is 5.69 Å². The molecule has 0 spiro atoms. The van der Waals surface area contributed by atoms with E-state index in [1.54, 1.807) is 6.26 Å². The topological polar surface area (TPSA) is 37.6 Å². The van der Waals surface area contributed by atoms with E-state index in [0.29, 0.717) is 6.61 Å². The Morgan fingerprint density at radius 3 is 2.85 bits per heavy atom. The summed E-state index contributed by atoms with van der Waals surface area (Å²) in [6.45, 7) is 4.31. The molecule has 0 aliphatic carbocycles. The summed E-state index contributed by atoms with van der Waals surface area (Å²) in [6, 6.07) is 10.0. The van der Waals surface area contributed by atoms with Gasteiger partial charge in [-0.1, -0.05) is 13.0 Å². The molecular formula is C16H22N2O2. The summed E-state index contributed by atoms with van der Waals surface area (Å²) < 4.78 is 11.2. The van der Waals surface area contributed by atoms with Crippen LogP contribution in [0.1, 0.15) is 18.2 Å². The molecule has 1 heterocycles. The smallest absolute Gasteiger partial charge is 0.146 e. The highest BCUT2D eigenvalue weighted by Crippen LogP contribution is 2.20. The van der Waals surface area contributed by atoms with Crippen LogP contribution < -0.4 is 15.0 Å². The van der Waals surface area contributed by atoms with Gasteiger partial charge in [0.25, 0.3) is 0 Å². The van der Waals surface area contributed by atoms with Crippen LogP contribution in [0.2, 0.25) is 0 Å². The molecule has 108 valence electrons. The Morgan fingerprint density at radius 2 is 2.10 bits per heavy atom. The second-order valence-corrected chi connectivity index (χ2v) is 4.88. The molecule has 4 heteroatoms. The van der Waals surface area contributed by atoms with Gasteiger partial charge in [-0.15, -0.1) is 0 Å². The minimum atomic E-state index is 0.447. The molecule has 0 amide bonds. The standard InChI is InChI=1S/C16H22N2O2/c1-4-17-10-13-8-16(19-11-13)12-20-15-7-5-6-14(9-15)18(2)3/h5-9,11,17H,4,10,12H2,1-3H3.